The number of halogens is 2. The fourth-order valence-corrected chi connectivity index (χ4v) is 6.13. The molecule has 0 aromatic heterocycles. The Labute approximate surface area is 261 Å². The molecule has 6 atom stereocenters. The molecule has 1 aromatic rings. The lowest BCUT2D eigenvalue weighted by Crippen LogP contribution is -2.57. The van der Waals surface area contributed by atoms with E-state index in [0.29, 0.717) is 30.5 Å². The molecule has 250 valence electrons. The molecular weight excluding hydrogens is 613 g/mol. The van der Waals surface area contributed by atoms with E-state index < -0.39 is 54.9 Å². The number of likely N-dealkylation sites (tertiary alicyclic amines) is 1. The number of primary amides is 1. The second kappa shape index (κ2) is 14.9. The third-order valence-corrected chi connectivity index (χ3v) is 9.52. The molecule has 1 saturated carbocycles. The first-order chi connectivity index (χ1) is 21.0. The summed E-state index contributed by atoms with van der Waals surface area (Å²) in [6, 6.07) is 2.07. The molecule has 2 aliphatic rings. The summed E-state index contributed by atoms with van der Waals surface area (Å²) in [6.07, 6.45) is 3.67. The van der Waals surface area contributed by atoms with Crippen LogP contribution in [0.1, 0.15) is 70.4 Å². The van der Waals surface area contributed by atoms with E-state index in [-0.39, 0.29) is 36.5 Å². The van der Waals surface area contributed by atoms with E-state index in [9.17, 15) is 32.5 Å². The Bertz CT molecular complexity index is 1340. The first kappa shape index (κ1) is 36.3. The Hall–Kier alpha value is -3.19. The van der Waals surface area contributed by atoms with Gasteiger partial charge in [0, 0.05) is 31.7 Å². The number of alkyl halides is 2. The van der Waals surface area contributed by atoms with E-state index in [1.807, 2.05) is 6.92 Å². The largest absolute Gasteiger partial charge is 0.399 e. The molecule has 15 heteroatoms. The maximum Gasteiger partial charge on any atom is 0.399 e. The predicted octanol–water partition coefficient (Wildman–Crippen LogP) is 2.62. The highest BCUT2D eigenvalue weighted by atomic mass is 31.2. The molecule has 4 amide bonds. The number of piperidine rings is 1. The zero-order valence-electron chi connectivity index (χ0n) is 25.9. The Kier molecular flexibility index (Phi) is 12.0. The van der Waals surface area contributed by atoms with Gasteiger partial charge in [0.2, 0.25) is 23.6 Å². The molecular formula is C30H43F2N4O8P. The van der Waals surface area contributed by atoms with Gasteiger partial charge in [0.15, 0.2) is 0 Å². The number of allylic oxidation sites excluding steroid dienone is 1. The van der Waals surface area contributed by atoms with Crippen LogP contribution in [0.3, 0.4) is 0 Å². The van der Waals surface area contributed by atoms with Crippen LogP contribution >= 0.6 is 7.60 Å². The number of amides is 4. The molecule has 45 heavy (non-hydrogen) atoms. The second-order valence-corrected chi connectivity index (χ2v) is 13.5. The van der Waals surface area contributed by atoms with Crippen LogP contribution in [-0.2, 0) is 34.1 Å². The van der Waals surface area contributed by atoms with E-state index in [1.54, 1.807) is 13.8 Å². The minimum absolute atomic E-state index is 0.00539. The molecule has 2 fully saturated rings. The van der Waals surface area contributed by atoms with Crippen molar-refractivity contribution in [1.82, 2.24) is 15.5 Å². The number of nitrogens with two attached hydrogens (primary N) is 1. The van der Waals surface area contributed by atoms with E-state index in [4.69, 9.17) is 20.3 Å². The lowest BCUT2D eigenvalue weighted by Gasteiger charge is -2.32. The fourth-order valence-electron chi connectivity index (χ4n) is 5.64. The first-order valence-corrected chi connectivity index (χ1v) is 16.6. The molecule has 0 bridgehead atoms. The number of hydrogen-bond donors (Lipinski definition) is 5. The van der Waals surface area contributed by atoms with E-state index in [2.05, 4.69) is 10.6 Å². The van der Waals surface area contributed by atoms with Crippen molar-refractivity contribution in [2.24, 2.45) is 17.6 Å². The van der Waals surface area contributed by atoms with Crippen molar-refractivity contribution in [3.8, 4) is 0 Å². The number of hydrogen-bond acceptors (Lipinski definition) is 6. The van der Waals surface area contributed by atoms with Gasteiger partial charge < -0.3 is 35.8 Å². The van der Waals surface area contributed by atoms with Crippen molar-refractivity contribution in [3.63, 3.8) is 0 Å². The topological polar surface area (TPSA) is 188 Å². The maximum absolute atomic E-state index is 14.0. The van der Waals surface area contributed by atoms with Crippen molar-refractivity contribution < 1.29 is 47.0 Å². The quantitative estimate of drug-likeness (QED) is 0.133. The van der Waals surface area contributed by atoms with Crippen molar-refractivity contribution in [2.45, 2.75) is 89.2 Å². The molecule has 1 heterocycles. The van der Waals surface area contributed by atoms with Gasteiger partial charge in [0.25, 0.3) is 0 Å². The average Bonchev–Trinajstić information content (AvgIpc) is 3.64. The molecule has 1 aliphatic carbocycles. The van der Waals surface area contributed by atoms with Gasteiger partial charge in [0.05, 0.1) is 12.1 Å². The summed E-state index contributed by atoms with van der Waals surface area (Å²) in [5.74, 6) is -1.66. The zero-order valence-corrected chi connectivity index (χ0v) is 26.8. The molecule has 6 N–H and O–H groups in total. The van der Waals surface area contributed by atoms with Crippen molar-refractivity contribution in [2.75, 3.05) is 13.7 Å². The Morgan fingerprint density at radius 2 is 1.82 bits per heavy atom. The van der Waals surface area contributed by atoms with Gasteiger partial charge in [-0.25, -0.2) is 0 Å². The van der Waals surface area contributed by atoms with Gasteiger partial charge >= 0.3 is 13.3 Å². The summed E-state index contributed by atoms with van der Waals surface area (Å²) in [7, 11) is -4.23. The summed E-state index contributed by atoms with van der Waals surface area (Å²) in [6.45, 7) is 5.65. The molecule has 3 rings (SSSR count). The van der Waals surface area contributed by atoms with Gasteiger partial charge in [-0.3, -0.25) is 23.7 Å². The van der Waals surface area contributed by atoms with Crippen molar-refractivity contribution in [1.29, 1.82) is 0 Å². The maximum atomic E-state index is 14.0. The van der Waals surface area contributed by atoms with Gasteiger partial charge in [-0.05, 0) is 56.1 Å². The SMILES string of the molecule is CCCC[C@H](NC(=O)/C=C(\C)c1ccc(C(F)(F)P(=O)(O)O)cc1)C(=O)N1C[C@H]2C[C@H]2[C@H]1C(=O)N[C@@H](CCC(N)=O)[C@@H](C)OC. The second-order valence-electron chi connectivity index (χ2n) is 11.8. The van der Waals surface area contributed by atoms with Crippen LogP contribution in [0.4, 0.5) is 8.78 Å². The van der Waals surface area contributed by atoms with Crippen LogP contribution in [0.5, 0.6) is 0 Å². The number of methoxy groups -OCH3 is 1. The minimum Gasteiger partial charge on any atom is -0.380 e. The molecule has 1 aliphatic heterocycles. The normalized spacial score (nSPS) is 21.8. The van der Waals surface area contributed by atoms with Crippen LogP contribution in [0.25, 0.3) is 5.57 Å². The van der Waals surface area contributed by atoms with Crippen LogP contribution in [-0.4, -0.2) is 76.2 Å². The fraction of sp³-hybridized carbons (Fsp3) is 0.600. The first-order valence-electron chi connectivity index (χ1n) is 15.0. The van der Waals surface area contributed by atoms with Crippen LogP contribution in [0.2, 0.25) is 0 Å². The predicted molar refractivity (Wildman–Crippen MR) is 161 cm³/mol. The number of ether oxygens (including phenoxy) is 1. The molecule has 0 radical (unpaired) electrons. The Balaban J connectivity index is 1.74. The zero-order chi connectivity index (χ0) is 33.7. The Morgan fingerprint density at radius 3 is 2.38 bits per heavy atom. The minimum atomic E-state index is -5.72. The molecule has 12 nitrogen and oxygen atoms in total. The van der Waals surface area contributed by atoms with Crippen molar-refractivity contribution >= 4 is 36.8 Å². The number of unbranched alkanes of at least 4 members (excludes halogenated alkanes) is 1. The van der Waals surface area contributed by atoms with Crippen LogP contribution < -0.4 is 16.4 Å². The molecule has 0 spiro atoms. The molecule has 0 unspecified atom stereocenters. The van der Waals surface area contributed by atoms with Gasteiger partial charge in [-0.1, -0.05) is 44.0 Å². The number of carbonyl (C=O) groups is 4. The van der Waals surface area contributed by atoms with Gasteiger partial charge in [-0.2, -0.15) is 8.78 Å². The summed E-state index contributed by atoms with van der Waals surface area (Å²) in [5, 5.41) is 5.68. The third kappa shape index (κ3) is 8.96. The number of nitrogens with zero attached hydrogens (tertiary/aromatic N) is 1. The number of carbonyl (C=O) groups excluding carboxylic acids is 4. The summed E-state index contributed by atoms with van der Waals surface area (Å²) in [4.78, 5) is 71.2. The van der Waals surface area contributed by atoms with Gasteiger partial charge in [0.1, 0.15) is 12.1 Å². The summed E-state index contributed by atoms with van der Waals surface area (Å²) >= 11 is 0. The van der Waals surface area contributed by atoms with Crippen LogP contribution in [0.15, 0.2) is 30.3 Å². The monoisotopic (exact) mass is 656 g/mol. The standard InChI is InChI=1S/C30H43F2N4O8P/c1-5-6-7-24(34-26(38)14-17(2)19-8-10-21(11-9-19)30(31,32)45(41,42)43)29(40)36-16-20-15-22(20)27(36)28(39)35-23(18(3)44-4)12-13-25(33)37/h8-11,14,18,20,22-24,27H,5-7,12-13,15-16H2,1-4H3,(H2,33,37)(H,34,38)(H,35,39)(H2,41,42,43)/b17-14+/t18-,20-,22-,23+,24+,27+/m1/s1. The van der Waals surface area contributed by atoms with E-state index >= 15 is 0 Å². The molecule has 1 aromatic carbocycles. The smallest absolute Gasteiger partial charge is 0.380 e. The molecule has 1 saturated heterocycles. The third-order valence-electron chi connectivity index (χ3n) is 8.53. The highest BCUT2D eigenvalue weighted by Gasteiger charge is 2.57. The highest BCUT2D eigenvalue weighted by Crippen LogP contribution is 2.59. The summed E-state index contributed by atoms with van der Waals surface area (Å²) < 4.78 is 44.6. The lowest BCUT2D eigenvalue weighted by molar-refractivity contribution is -0.142. The average molecular weight is 657 g/mol. The summed E-state index contributed by atoms with van der Waals surface area (Å²) in [5.41, 5.74) is 0.813. The van der Waals surface area contributed by atoms with Gasteiger partial charge in [-0.15, -0.1) is 0 Å². The van der Waals surface area contributed by atoms with E-state index in [0.717, 1.165) is 25.0 Å². The number of rotatable bonds is 16. The Morgan fingerprint density at radius 1 is 1.18 bits per heavy atom. The van der Waals surface area contributed by atoms with E-state index in [1.165, 1.54) is 30.2 Å². The number of nitrogens with one attached hydrogen (secondary N) is 2. The highest BCUT2D eigenvalue weighted by molar-refractivity contribution is 7.52. The number of benzene rings is 1. The number of fused-ring (bicyclic) bond motifs is 1. The van der Waals surface area contributed by atoms with Crippen molar-refractivity contribution in [3.05, 3.63) is 41.5 Å². The van der Waals surface area contributed by atoms with Crippen LogP contribution in [0, 0.1) is 11.8 Å². The lowest BCUT2D eigenvalue weighted by atomic mass is 10.0.